The zero-order chi connectivity index (χ0) is 10.0. The van der Waals surface area contributed by atoms with Crippen LogP contribution in [0.25, 0.3) is 0 Å². The summed E-state index contributed by atoms with van der Waals surface area (Å²) in [6.07, 6.45) is -0.0123. The summed E-state index contributed by atoms with van der Waals surface area (Å²) >= 11 is 8.06. The zero-order valence-corrected chi connectivity index (χ0v) is 9.89. The number of halogens is 2. The third-order valence-corrected chi connectivity index (χ3v) is 2.67. The van der Waals surface area contributed by atoms with Crippen molar-refractivity contribution in [3.8, 4) is 0 Å². The van der Waals surface area contributed by atoms with Crippen molar-refractivity contribution in [2.45, 2.75) is 13.3 Å². The monoisotopic (exact) mass is 310 g/mol. The Bertz CT molecular complexity index is 326. The zero-order valence-electron chi connectivity index (χ0n) is 6.97. The molecule has 0 aliphatic rings. The molecule has 0 atom stereocenters. The highest BCUT2D eigenvalue weighted by molar-refractivity contribution is 14.1. The first-order valence-corrected chi connectivity index (χ1v) is 5.12. The van der Waals surface area contributed by atoms with Gasteiger partial charge in [-0.25, -0.2) is 0 Å². The lowest BCUT2D eigenvalue weighted by Gasteiger charge is -2.06. The lowest BCUT2D eigenvalue weighted by atomic mass is 10.1. The number of benzene rings is 1. The van der Waals surface area contributed by atoms with E-state index in [4.69, 9.17) is 16.7 Å². The molecule has 0 heterocycles. The fourth-order valence-corrected chi connectivity index (χ4v) is 2.40. The second kappa shape index (κ2) is 4.28. The lowest BCUT2D eigenvalue weighted by Crippen LogP contribution is -2.03. The summed E-state index contributed by atoms with van der Waals surface area (Å²) in [5.41, 5.74) is 1.63. The van der Waals surface area contributed by atoms with E-state index in [9.17, 15) is 4.79 Å². The number of carboxylic acids is 1. The van der Waals surface area contributed by atoms with Crippen LogP contribution in [0.5, 0.6) is 0 Å². The third-order valence-electron chi connectivity index (χ3n) is 1.71. The molecule has 1 aromatic rings. The van der Waals surface area contributed by atoms with Crippen LogP contribution in [-0.2, 0) is 11.2 Å². The van der Waals surface area contributed by atoms with Gasteiger partial charge in [0.05, 0.1) is 6.42 Å². The predicted molar refractivity (Wildman–Crippen MR) is 60.2 cm³/mol. The molecule has 0 bridgehead atoms. The molecule has 1 N–H and O–H groups in total. The summed E-state index contributed by atoms with van der Waals surface area (Å²) in [7, 11) is 0. The first kappa shape index (κ1) is 10.8. The van der Waals surface area contributed by atoms with E-state index in [1.807, 2.05) is 13.0 Å². The highest BCUT2D eigenvalue weighted by Gasteiger charge is 2.09. The number of carbonyl (C=O) groups is 1. The van der Waals surface area contributed by atoms with Gasteiger partial charge in [0.15, 0.2) is 0 Å². The van der Waals surface area contributed by atoms with Gasteiger partial charge in [-0.3, -0.25) is 4.79 Å². The Labute approximate surface area is 95.0 Å². The van der Waals surface area contributed by atoms with E-state index in [1.54, 1.807) is 6.07 Å². The van der Waals surface area contributed by atoms with Gasteiger partial charge in [0.2, 0.25) is 0 Å². The molecule has 1 rings (SSSR count). The fourth-order valence-electron chi connectivity index (χ4n) is 1.11. The summed E-state index contributed by atoms with van der Waals surface area (Å²) in [4.78, 5) is 10.5. The minimum Gasteiger partial charge on any atom is -0.481 e. The molecule has 4 heteroatoms. The van der Waals surface area contributed by atoms with Gasteiger partial charge in [-0.05, 0) is 52.8 Å². The third kappa shape index (κ3) is 2.84. The van der Waals surface area contributed by atoms with Crippen molar-refractivity contribution in [3.63, 3.8) is 0 Å². The molecule has 0 fully saturated rings. The smallest absolute Gasteiger partial charge is 0.307 e. The van der Waals surface area contributed by atoms with E-state index < -0.39 is 5.97 Å². The van der Waals surface area contributed by atoms with Crippen LogP contribution in [0.15, 0.2) is 12.1 Å². The number of rotatable bonds is 2. The van der Waals surface area contributed by atoms with E-state index in [0.29, 0.717) is 10.6 Å². The normalized spacial score (nSPS) is 10.1. The summed E-state index contributed by atoms with van der Waals surface area (Å²) in [6, 6.07) is 3.69. The van der Waals surface area contributed by atoms with E-state index in [0.717, 1.165) is 9.13 Å². The molecule has 13 heavy (non-hydrogen) atoms. The Hall–Kier alpha value is -0.290. The standard InChI is InChI=1S/C9H8ClIO2/c1-5-2-6(11)3-8(10)7(5)4-9(12)13/h2-3H,4H2,1H3,(H,12,13). The average Bonchev–Trinajstić information content (AvgIpc) is 1.96. The summed E-state index contributed by atoms with van der Waals surface area (Å²) in [5.74, 6) is -0.855. The van der Waals surface area contributed by atoms with Crippen LogP contribution in [0.1, 0.15) is 11.1 Å². The van der Waals surface area contributed by atoms with Gasteiger partial charge in [0.25, 0.3) is 0 Å². The van der Waals surface area contributed by atoms with Gasteiger partial charge >= 0.3 is 5.97 Å². The van der Waals surface area contributed by atoms with E-state index >= 15 is 0 Å². The Balaban J connectivity index is 3.13. The van der Waals surface area contributed by atoms with Crippen molar-refractivity contribution < 1.29 is 9.90 Å². The summed E-state index contributed by atoms with van der Waals surface area (Å²) < 4.78 is 1.02. The Morgan fingerprint density at radius 1 is 1.62 bits per heavy atom. The van der Waals surface area contributed by atoms with Gasteiger partial charge in [-0.1, -0.05) is 11.6 Å². The van der Waals surface area contributed by atoms with Crippen molar-refractivity contribution in [1.82, 2.24) is 0 Å². The molecule has 0 unspecified atom stereocenters. The average molecular weight is 311 g/mol. The highest BCUT2D eigenvalue weighted by Crippen LogP contribution is 2.23. The largest absolute Gasteiger partial charge is 0.481 e. The van der Waals surface area contributed by atoms with Gasteiger partial charge in [-0.15, -0.1) is 0 Å². The number of aryl methyl sites for hydroxylation is 1. The van der Waals surface area contributed by atoms with Crippen LogP contribution >= 0.6 is 34.2 Å². The predicted octanol–water partition coefficient (Wildman–Crippen LogP) is 2.88. The Kier molecular flexibility index (Phi) is 3.55. The molecule has 0 amide bonds. The van der Waals surface area contributed by atoms with Crippen LogP contribution in [0.4, 0.5) is 0 Å². The van der Waals surface area contributed by atoms with Gasteiger partial charge < -0.3 is 5.11 Å². The van der Waals surface area contributed by atoms with Crippen LogP contribution in [0.3, 0.4) is 0 Å². The molecule has 0 radical (unpaired) electrons. The summed E-state index contributed by atoms with van der Waals surface area (Å²) in [5, 5.41) is 9.16. The molecule has 2 nitrogen and oxygen atoms in total. The number of hydrogen-bond acceptors (Lipinski definition) is 1. The van der Waals surface area contributed by atoms with Crippen LogP contribution < -0.4 is 0 Å². The Morgan fingerprint density at radius 3 is 2.69 bits per heavy atom. The second-order valence-corrected chi connectivity index (χ2v) is 4.41. The lowest BCUT2D eigenvalue weighted by molar-refractivity contribution is -0.136. The van der Waals surface area contributed by atoms with Gasteiger partial charge in [0, 0.05) is 8.59 Å². The van der Waals surface area contributed by atoms with E-state index in [2.05, 4.69) is 22.6 Å². The van der Waals surface area contributed by atoms with E-state index in [-0.39, 0.29) is 6.42 Å². The molecule has 0 saturated carbocycles. The van der Waals surface area contributed by atoms with Crippen LogP contribution in [0.2, 0.25) is 5.02 Å². The van der Waals surface area contributed by atoms with Crippen molar-refractivity contribution in [2.75, 3.05) is 0 Å². The van der Waals surface area contributed by atoms with Crippen molar-refractivity contribution in [2.24, 2.45) is 0 Å². The van der Waals surface area contributed by atoms with Crippen LogP contribution in [0, 0.1) is 10.5 Å². The molecule has 0 saturated heterocycles. The molecule has 0 spiro atoms. The maximum atomic E-state index is 10.5. The van der Waals surface area contributed by atoms with Crippen molar-refractivity contribution >= 4 is 40.2 Å². The van der Waals surface area contributed by atoms with E-state index in [1.165, 1.54) is 0 Å². The Morgan fingerprint density at radius 2 is 2.23 bits per heavy atom. The minimum atomic E-state index is -0.855. The summed E-state index contributed by atoms with van der Waals surface area (Å²) in [6.45, 7) is 1.87. The number of aliphatic carboxylic acids is 1. The van der Waals surface area contributed by atoms with Crippen molar-refractivity contribution in [3.05, 3.63) is 31.9 Å². The first-order valence-electron chi connectivity index (χ1n) is 3.67. The minimum absolute atomic E-state index is 0.0123. The second-order valence-electron chi connectivity index (χ2n) is 2.75. The maximum absolute atomic E-state index is 10.5. The molecular weight excluding hydrogens is 302 g/mol. The molecule has 70 valence electrons. The fraction of sp³-hybridized carbons (Fsp3) is 0.222. The van der Waals surface area contributed by atoms with Gasteiger partial charge in [0.1, 0.15) is 0 Å². The van der Waals surface area contributed by atoms with Crippen molar-refractivity contribution in [1.29, 1.82) is 0 Å². The van der Waals surface area contributed by atoms with Gasteiger partial charge in [-0.2, -0.15) is 0 Å². The molecule has 0 aromatic heterocycles. The number of carboxylic acid groups (broad SMARTS) is 1. The quantitative estimate of drug-likeness (QED) is 0.853. The number of hydrogen-bond donors (Lipinski definition) is 1. The topological polar surface area (TPSA) is 37.3 Å². The molecule has 0 aliphatic heterocycles. The maximum Gasteiger partial charge on any atom is 0.307 e. The highest BCUT2D eigenvalue weighted by atomic mass is 127. The van der Waals surface area contributed by atoms with Crippen LogP contribution in [-0.4, -0.2) is 11.1 Å². The first-order chi connectivity index (χ1) is 6.00. The molecular formula is C9H8ClIO2. The SMILES string of the molecule is Cc1cc(I)cc(Cl)c1CC(=O)O. The molecule has 0 aliphatic carbocycles. The molecule has 1 aromatic carbocycles.